The molecule has 2 aliphatic heterocycles. The van der Waals surface area contributed by atoms with Crippen molar-refractivity contribution in [1.29, 1.82) is 0 Å². The van der Waals surface area contributed by atoms with E-state index < -0.39 is 0 Å². The van der Waals surface area contributed by atoms with Gasteiger partial charge in [-0.25, -0.2) is 0 Å². The van der Waals surface area contributed by atoms with Gasteiger partial charge in [-0.3, -0.25) is 9.97 Å². The van der Waals surface area contributed by atoms with Crippen LogP contribution in [0.15, 0.2) is 54.7 Å². The first-order valence-electron chi connectivity index (χ1n) is 10.8. The molecule has 0 saturated heterocycles. The van der Waals surface area contributed by atoms with Crippen LogP contribution in [-0.2, 0) is 40.7 Å². The van der Waals surface area contributed by atoms with Crippen molar-refractivity contribution in [2.75, 3.05) is 5.32 Å². The van der Waals surface area contributed by atoms with Gasteiger partial charge in [0.05, 0.1) is 29.4 Å². The van der Waals surface area contributed by atoms with E-state index >= 15 is 0 Å². The van der Waals surface area contributed by atoms with Crippen LogP contribution in [0.3, 0.4) is 0 Å². The van der Waals surface area contributed by atoms with Gasteiger partial charge in [0.2, 0.25) is 0 Å². The summed E-state index contributed by atoms with van der Waals surface area (Å²) in [5, 5.41) is 3.46. The quantitative estimate of drug-likeness (QED) is 0.279. The Bertz CT molecular complexity index is 1530. The molecule has 6 nitrogen and oxygen atoms in total. The molecule has 0 radical (unpaired) electrons. The number of aryl methyl sites for hydroxylation is 3. The van der Waals surface area contributed by atoms with Gasteiger partial charge in [0, 0.05) is 29.9 Å². The van der Waals surface area contributed by atoms with Crippen LogP contribution in [0.2, 0.25) is 0 Å². The molecule has 0 atom stereocenters. The standard InChI is InChI=1S/C26H19N5O.Pt/c1-16-14-30-11-10-17-6-7-18(12-20(17)25(30)28-16)32-19-8-9-22-21(13-19)26-29-23-4-2-3-5-24(23)31(26)15-27-22;/h2-9,14,27H,10-11,15H2,1H3;/q-2;+2. The Balaban J connectivity index is 0.00000206. The third kappa shape index (κ3) is 3.20. The molecule has 0 aliphatic carbocycles. The fraction of sp³-hybridized carbons (Fsp3) is 0.154. The number of hydrogen-bond donors (Lipinski definition) is 1. The van der Waals surface area contributed by atoms with Crippen LogP contribution < -0.4 is 10.1 Å². The molecular weight excluding hydrogens is 593 g/mol. The molecule has 3 aromatic carbocycles. The molecule has 33 heavy (non-hydrogen) atoms. The molecular formula is C26H19N5OPt. The fourth-order valence-electron chi connectivity index (χ4n) is 4.70. The summed E-state index contributed by atoms with van der Waals surface area (Å²) in [6.07, 6.45) is 3.07. The number of aromatic nitrogens is 4. The van der Waals surface area contributed by atoms with E-state index in [4.69, 9.17) is 14.7 Å². The maximum Gasteiger partial charge on any atom is 2.00 e. The van der Waals surface area contributed by atoms with Crippen LogP contribution in [-0.4, -0.2) is 19.1 Å². The van der Waals surface area contributed by atoms with E-state index in [9.17, 15) is 0 Å². The zero-order valence-corrected chi connectivity index (χ0v) is 20.1. The van der Waals surface area contributed by atoms with Crippen LogP contribution in [0.25, 0.3) is 33.8 Å². The van der Waals surface area contributed by atoms with E-state index in [2.05, 4.69) is 44.9 Å². The second-order valence-electron chi connectivity index (χ2n) is 8.27. The van der Waals surface area contributed by atoms with Crippen LogP contribution in [0.4, 0.5) is 5.69 Å². The number of hydrogen-bond acceptors (Lipinski definition) is 4. The topological polar surface area (TPSA) is 56.9 Å². The van der Waals surface area contributed by atoms with Gasteiger partial charge in [-0.2, -0.15) is 0 Å². The van der Waals surface area contributed by atoms with E-state index in [-0.39, 0.29) is 21.1 Å². The number of nitrogens with zero attached hydrogens (tertiary/aromatic N) is 4. The summed E-state index contributed by atoms with van der Waals surface area (Å²) in [5.41, 5.74) is 7.29. The van der Waals surface area contributed by atoms with Crippen molar-refractivity contribution in [2.45, 2.75) is 26.6 Å². The van der Waals surface area contributed by atoms with Gasteiger partial charge >= 0.3 is 21.1 Å². The Kier molecular flexibility index (Phi) is 4.66. The summed E-state index contributed by atoms with van der Waals surface area (Å²) < 4.78 is 10.6. The average Bonchev–Trinajstić information content (AvgIpc) is 3.39. The first kappa shape index (κ1) is 20.3. The van der Waals surface area contributed by atoms with Crippen LogP contribution >= 0.6 is 0 Å². The molecule has 4 heterocycles. The van der Waals surface area contributed by atoms with E-state index in [0.717, 1.165) is 58.2 Å². The minimum atomic E-state index is 0. The van der Waals surface area contributed by atoms with Gasteiger partial charge in [0.15, 0.2) is 0 Å². The van der Waals surface area contributed by atoms with Crippen molar-refractivity contribution in [1.82, 2.24) is 19.1 Å². The van der Waals surface area contributed by atoms with Crippen molar-refractivity contribution >= 4 is 16.7 Å². The largest absolute Gasteiger partial charge is 2.00 e. The van der Waals surface area contributed by atoms with Gasteiger partial charge in [-0.05, 0) is 31.2 Å². The number of benzene rings is 3. The van der Waals surface area contributed by atoms with Gasteiger partial charge < -0.3 is 19.2 Å². The number of imidazole rings is 2. The van der Waals surface area contributed by atoms with Gasteiger partial charge in [-0.1, -0.05) is 35.9 Å². The molecule has 0 saturated carbocycles. The molecule has 5 aromatic rings. The second kappa shape index (κ2) is 7.60. The summed E-state index contributed by atoms with van der Waals surface area (Å²) in [6, 6.07) is 23.1. The van der Waals surface area contributed by atoms with Gasteiger partial charge in [-0.15, -0.1) is 29.3 Å². The molecule has 1 N–H and O–H groups in total. The average molecular weight is 613 g/mol. The number of fused-ring (bicyclic) bond motifs is 8. The summed E-state index contributed by atoms with van der Waals surface area (Å²) in [7, 11) is 0. The van der Waals surface area contributed by atoms with E-state index in [0.29, 0.717) is 18.2 Å². The van der Waals surface area contributed by atoms with Crippen LogP contribution in [0.1, 0.15) is 11.3 Å². The van der Waals surface area contributed by atoms with Gasteiger partial charge in [0.1, 0.15) is 0 Å². The van der Waals surface area contributed by atoms with Crippen molar-refractivity contribution in [2.24, 2.45) is 0 Å². The Hall–Kier alpha value is -3.37. The predicted molar refractivity (Wildman–Crippen MR) is 123 cm³/mol. The Morgan fingerprint density at radius 3 is 2.67 bits per heavy atom. The van der Waals surface area contributed by atoms with Crippen molar-refractivity contribution < 1.29 is 25.8 Å². The van der Waals surface area contributed by atoms with Crippen molar-refractivity contribution in [3.05, 3.63) is 78.1 Å². The van der Waals surface area contributed by atoms with Crippen LogP contribution in [0, 0.1) is 19.1 Å². The number of rotatable bonds is 2. The zero-order chi connectivity index (χ0) is 21.2. The summed E-state index contributed by atoms with van der Waals surface area (Å²) >= 11 is 0. The fourth-order valence-corrected chi connectivity index (χ4v) is 4.70. The molecule has 0 fully saturated rings. The van der Waals surface area contributed by atoms with Crippen LogP contribution in [0.5, 0.6) is 11.5 Å². The summed E-state index contributed by atoms with van der Waals surface area (Å²) in [6.45, 7) is 3.65. The molecule has 164 valence electrons. The Morgan fingerprint density at radius 1 is 0.939 bits per heavy atom. The minimum absolute atomic E-state index is 0. The Labute approximate surface area is 205 Å². The monoisotopic (exact) mass is 612 g/mol. The maximum atomic E-state index is 6.21. The van der Waals surface area contributed by atoms with E-state index in [1.165, 1.54) is 5.56 Å². The Morgan fingerprint density at radius 2 is 1.76 bits per heavy atom. The van der Waals surface area contributed by atoms with Crippen molar-refractivity contribution in [3.8, 4) is 34.3 Å². The number of ether oxygens (including phenoxy) is 1. The summed E-state index contributed by atoms with van der Waals surface area (Å²) in [4.78, 5) is 9.54. The van der Waals surface area contributed by atoms with Crippen molar-refractivity contribution in [3.63, 3.8) is 0 Å². The molecule has 0 unspecified atom stereocenters. The maximum absolute atomic E-state index is 6.21. The third-order valence-corrected chi connectivity index (χ3v) is 6.19. The first-order valence-corrected chi connectivity index (χ1v) is 10.8. The van der Waals surface area contributed by atoms with E-state index in [1.54, 1.807) is 0 Å². The SMILES string of the molecule is Cc1cn2c(n1)-c1[c-]c(Oc3[c-]c4c(cc3)NCn3c-4nc4ccccc43)ccc1CC2.[Pt+2]. The molecule has 2 aromatic heterocycles. The molecule has 2 aliphatic rings. The molecule has 0 amide bonds. The normalized spacial score (nSPS) is 13.2. The number of anilines is 1. The smallest absolute Gasteiger partial charge is 0.497 e. The zero-order valence-electron chi connectivity index (χ0n) is 17.8. The second-order valence-corrected chi connectivity index (χ2v) is 8.27. The molecule has 7 heteroatoms. The summed E-state index contributed by atoms with van der Waals surface area (Å²) in [5.74, 6) is 3.16. The first-order chi connectivity index (χ1) is 15.7. The molecule has 7 rings (SSSR count). The number of para-hydroxylation sites is 2. The van der Waals surface area contributed by atoms with E-state index in [1.807, 2.05) is 43.3 Å². The molecule has 0 bridgehead atoms. The number of nitrogens with one attached hydrogen (secondary N) is 1. The molecule has 0 spiro atoms. The predicted octanol–water partition coefficient (Wildman–Crippen LogP) is 5.20. The minimum Gasteiger partial charge on any atom is -0.497 e. The van der Waals surface area contributed by atoms with Gasteiger partial charge in [0.25, 0.3) is 0 Å². The third-order valence-electron chi connectivity index (χ3n) is 6.19.